The van der Waals surface area contributed by atoms with Crippen LogP contribution in [0, 0.1) is 34.5 Å². The lowest BCUT2D eigenvalue weighted by Crippen LogP contribution is -2.57. The number of ether oxygens (including phenoxy) is 2. The van der Waals surface area contributed by atoms with Crippen molar-refractivity contribution in [3.8, 4) is 0 Å². The van der Waals surface area contributed by atoms with E-state index in [2.05, 4.69) is 13.8 Å². The molecular formula is C22H36O4. The molecule has 0 saturated heterocycles. The number of hydrogen-bond donors (Lipinski definition) is 1. The number of ketones is 1. The molecule has 8 atom stereocenters. The van der Waals surface area contributed by atoms with Crippen LogP contribution in [0.1, 0.15) is 65.2 Å². The van der Waals surface area contributed by atoms with Gasteiger partial charge in [-0.1, -0.05) is 13.8 Å². The third kappa shape index (κ3) is 2.79. The first-order valence-corrected chi connectivity index (χ1v) is 10.7. The number of rotatable bonds is 4. The lowest BCUT2D eigenvalue weighted by atomic mass is 9.45. The van der Waals surface area contributed by atoms with Crippen LogP contribution in [0.3, 0.4) is 0 Å². The van der Waals surface area contributed by atoms with Crippen molar-refractivity contribution in [1.82, 2.24) is 0 Å². The molecule has 26 heavy (non-hydrogen) atoms. The highest BCUT2D eigenvalue weighted by Crippen LogP contribution is 2.65. The fourth-order valence-electron chi connectivity index (χ4n) is 7.48. The fraction of sp³-hybridized carbons (Fsp3) is 0.955. The fourth-order valence-corrected chi connectivity index (χ4v) is 7.48. The van der Waals surface area contributed by atoms with Gasteiger partial charge < -0.3 is 14.6 Å². The number of carbonyl (C=O) groups is 1. The van der Waals surface area contributed by atoms with Gasteiger partial charge in [0.15, 0.2) is 0 Å². The lowest BCUT2D eigenvalue weighted by Gasteiger charge is -2.61. The number of Topliss-reactive ketones (excluding diaryl/α,β-unsaturated/α-hetero) is 1. The maximum absolute atomic E-state index is 12.5. The van der Waals surface area contributed by atoms with Crippen LogP contribution < -0.4 is 0 Å². The van der Waals surface area contributed by atoms with Gasteiger partial charge in [0.05, 0.1) is 25.4 Å². The molecule has 4 nitrogen and oxygen atoms in total. The minimum Gasteiger partial charge on any atom is -0.390 e. The van der Waals surface area contributed by atoms with Crippen molar-refractivity contribution >= 4 is 5.78 Å². The lowest BCUT2D eigenvalue weighted by molar-refractivity contribution is -0.173. The molecule has 0 aromatic rings. The summed E-state index contributed by atoms with van der Waals surface area (Å²) in [7, 11) is 1.69. The topological polar surface area (TPSA) is 55.8 Å². The predicted molar refractivity (Wildman–Crippen MR) is 99.7 cm³/mol. The zero-order valence-electron chi connectivity index (χ0n) is 16.7. The quantitative estimate of drug-likeness (QED) is 0.775. The van der Waals surface area contributed by atoms with Crippen molar-refractivity contribution in [1.29, 1.82) is 0 Å². The minimum atomic E-state index is -0.344. The summed E-state index contributed by atoms with van der Waals surface area (Å²) in [5.41, 5.74) is 0.194. The zero-order chi connectivity index (χ0) is 18.5. The highest BCUT2D eigenvalue weighted by molar-refractivity contribution is 5.87. The molecule has 0 aromatic carbocycles. The van der Waals surface area contributed by atoms with Gasteiger partial charge >= 0.3 is 0 Å². The first-order valence-electron chi connectivity index (χ1n) is 10.7. The van der Waals surface area contributed by atoms with Crippen molar-refractivity contribution in [2.45, 2.75) is 77.4 Å². The average Bonchev–Trinajstić information content (AvgIpc) is 2.91. The number of carbonyl (C=O) groups excluding carboxylic acids is 1. The van der Waals surface area contributed by atoms with Gasteiger partial charge in [-0.15, -0.1) is 0 Å². The van der Waals surface area contributed by atoms with Crippen LogP contribution in [-0.4, -0.2) is 43.4 Å². The Kier molecular flexibility index (Phi) is 4.98. The molecule has 0 aromatic heterocycles. The minimum absolute atomic E-state index is 0.0487. The Labute approximate surface area is 158 Å². The van der Waals surface area contributed by atoms with E-state index in [1.807, 2.05) is 0 Å². The van der Waals surface area contributed by atoms with Gasteiger partial charge in [0.2, 0.25) is 0 Å². The van der Waals surface area contributed by atoms with E-state index in [4.69, 9.17) is 9.47 Å². The summed E-state index contributed by atoms with van der Waals surface area (Å²) < 4.78 is 11.1. The molecule has 4 heteroatoms. The third-order valence-corrected chi connectivity index (χ3v) is 8.99. The maximum atomic E-state index is 12.5. The van der Waals surface area contributed by atoms with Gasteiger partial charge in [-0.2, -0.15) is 0 Å². The predicted octanol–water partition coefficient (Wildman–Crippen LogP) is 3.60. The molecule has 0 spiro atoms. The molecule has 4 saturated carbocycles. The number of aliphatic hydroxyl groups is 1. The molecule has 0 amide bonds. The Morgan fingerprint density at radius 1 is 1.12 bits per heavy atom. The Bertz CT molecular complexity index is 548. The first-order chi connectivity index (χ1) is 12.4. The van der Waals surface area contributed by atoms with E-state index in [0.29, 0.717) is 42.7 Å². The average molecular weight is 365 g/mol. The summed E-state index contributed by atoms with van der Waals surface area (Å²) in [6, 6.07) is 0. The molecule has 4 aliphatic carbocycles. The van der Waals surface area contributed by atoms with Gasteiger partial charge in [0, 0.05) is 18.9 Å². The third-order valence-electron chi connectivity index (χ3n) is 8.99. The summed E-state index contributed by atoms with van der Waals surface area (Å²) in [6.45, 7) is 5.85. The second-order valence-corrected chi connectivity index (χ2v) is 9.98. The molecule has 0 aliphatic heterocycles. The van der Waals surface area contributed by atoms with Crippen LogP contribution in [0.15, 0.2) is 0 Å². The van der Waals surface area contributed by atoms with Crippen molar-refractivity contribution in [3.63, 3.8) is 0 Å². The van der Waals surface area contributed by atoms with Gasteiger partial charge in [0.25, 0.3) is 0 Å². The van der Waals surface area contributed by atoms with Crippen molar-refractivity contribution in [2.24, 2.45) is 34.5 Å². The SMILES string of the molecule is COCCO[C@H]1C[C@@]2(C)[C@@H](CC[C@@H]3[C@@H]2CC[C@]2(C)C(=O)CC[C@@H]32)C[C@@H]1O. The van der Waals surface area contributed by atoms with E-state index in [9.17, 15) is 9.90 Å². The normalized spacial score (nSPS) is 50.8. The van der Waals surface area contributed by atoms with Gasteiger partial charge in [-0.25, -0.2) is 0 Å². The van der Waals surface area contributed by atoms with Crippen LogP contribution in [0.2, 0.25) is 0 Å². The van der Waals surface area contributed by atoms with Crippen molar-refractivity contribution in [3.05, 3.63) is 0 Å². The maximum Gasteiger partial charge on any atom is 0.139 e. The molecule has 0 heterocycles. The molecule has 0 bridgehead atoms. The number of aliphatic hydroxyl groups excluding tert-OH is 1. The van der Waals surface area contributed by atoms with Crippen molar-refractivity contribution in [2.75, 3.05) is 20.3 Å². The Hall–Kier alpha value is -0.450. The molecule has 1 N–H and O–H groups in total. The summed E-state index contributed by atoms with van der Waals surface area (Å²) in [6.07, 6.45) is 8.03. The summed E-state index contributed by atoms with van der Waals surface area (Å²) >= 11 is 0. The van der Waals surface area contributed by atoms with E-state index >= 15 is 0 Å². The molecule has 0 unspecified atom stereocenters. The molecule has 148 valence electrons. The van der Waals surface area contributed by atoms with E-state index in [-0.39, 0.29) is 23.0 Å². The monoisotopic (exact) mass is 364 g/mol. The number of hydrogen-bond acceptors (Lipinski definition) is 4. The highest BCUT2D eigenvalue weighted by Gasteiger charge is 2.61. The number of fused-ring (bicyclic) bond motifs is 5. The molecule has 4 aliphatic rings. The number of methoxy groups -OCH3 is 1. The van der Waals surface area contributed by atoms with Crippen LogP contribution in [0.4, 0.5) is 0 Å². The van der Waals surface area contributed by atoms with Crippen molar-refractivity contribution < 1.29 is 19.4 Å². The molecule has 4 fully saturated rings. The smallest absolute Gasteiger partial charge is 0.139 e. The first kappa shape index (κ1) is 18.9. The Morgan fingerprint density at radius 2 is 1.92 bits per heavy atom. The second kappa shape index (κ2) is 6.86. The largest absolute Gasteiger partial charge is 0.390 e. The van der Waals surface area contributed by atoms with Crippen LogP contribution in [-0.2, 0) is 14.3 Å². The standard InChI is InChI=1S/C22H36O4/c1-21-9-8-17-15(16(21)6-7-20(21)24)5-4-14-12-18(23)19(13-22(14,17)2)26-11-10-25-3/h14-19,23H,4-13H2,1-3H3/t14-,15-,16-,17-,18-,19-,21-,22-/m0/s1. The van der Waals surface area contributed by atoms with Crippen LogP contribution in [0.5, 0.6) is 0 Å². The zero-order valence-corrected chi connectivity index (χ0v) is 16.7. The Balaban J connectivity index is 1.54. The summed E-state index contributed by atoms with van der Waals surface area (Å²) in [5.74, 6) is 3.09. The van der Waals surface area contributed by atoms with E-state index in [0.717, 1.165) is 32.1 Å². The van der Waals surface area contributed by atoms with Gasteiger partial charge in [-0.05, 0) is 74.0 Å². The summed E-state index contributed by atoms with van der Waals surface area (Å²) in [4.78, 5) is 12.5. The molecule has 0 radical (unpaired) electrons. The van der Waals surface area contributed by atoms with E-state index in [1.165, 1.54) is 19.3 Å². The van der Waals surface area contributed by atoms with Gasteiger partial charge in [0.1, 0.15) is 5.78 Å². The van der Waals surface area contributed by atoms with E-state index in [1.54, 1.807) is 7.11 Å². The second-order valence-electron chi connectivity index (χ2n) is 9.98. The Morgan fingerprint density at radius 3 is 2.69 bits per heavy atom. The van der Waals surface area contributed by atoms with Gasteiger partial charge in [-0.3, -0.25) is 4.79 Å². The van der Waals surface area contributed by atoms with Crippen LogP contribution in [0.25, 0.3) is 0 Å². The van der Waals surface area contributed by atoms with Crippen LogP contribution >= 0.6 is 0 Å². The molecule has 4 rings (SSSR count). The molecular weight excluding hydrogens is 328 g/mol. The summed E-state index contributed by atoms with van der Waals surface area (Å²) in [5, 5.41) is 10.6. The van der Waals surface area contributed by atoms with E-state index < -0.39 is 0 Å². The highest BCUT2D eigenvalue weighted by atomic mass is 16.5.